The molecule has 0 aromatic carbocycles. The molecular weight excluding hydrogens is 609 g/mol. The first-order valence-corrected chi connectivity index (χ1v) is 15.4. The number of nitrogen functional groups attached to an aromatic ring is 1. The molecule has 44 heavy (non-hydrogen) atoms. The van der Waals surface area contributed by atoms with E-state index in [1.54, 1.807) is 24.8 Å². The lowest BCUT2D eigenvalue weighted by molar-refractivity contribution is 0.0378. The van der Waals surface area contributed by atoms with Crippen LogP contribution in [0.4, 0.5) is 26.9 Å². The van der Waals surface area contributed by atoms with E-state index in [2.05, 4.69) is 35.4 Å². The van der Waals surface area contributed by atoms with Gasteiger partial charge in [-0.25, -0.2) is 33.5 Å². The van der Waals surface area contributed by atoms with Gasteiger partial charge in [-0.1, -0.05) is 23.4 Å². The Morgan fingerprint density at radius 1 is 1.09 bits per heavy atom. The number of hydrogen-bond acceptors (Lipinski definition) is 12. The second kappa shape index (κ2) is 11.8. The van der Waals surface area contributed by atoms with Gasteiger partial charge in [0.2, 0.25) is 11.9 Å². The van der Waals surface area contributed by atoms with Gasteiger partial charge in [0.05, 0.1) is 28.4 Å². The number of fused-ring (bicyclic) bond motifs is 1. The number of nitrogens with one attached hydrogen (secondary N) is 1. The maximum Gasteiger partial charge on any atom is 0.407 e. The van der Waals surface area contributed by atoms with Gasteiger partial charge in [-0.2, -0.15) is 0 Å². The monoisotopic (exact) mass is 641 g/mol. The zero-order valence-corrected chi connectivity index (χ0v) is 26.1. The van der Waals surface area contributed by atoms with Crippen LogP contribution in [0, 0.1) is 11.2 Å². The third-order valence-corrected chi connectivity index (χ3v) is 9.60. The van der Waals surface area contributed by atoms with Crippen molar-refractivity contribution in [2.24, 2.45) is 5.41 Å². The summed E-state index contributed by atoms with van der Waals surface area (Å²) in [5, 5.41) is 12.0. The van der Waals surface area contributed by atoms with Crippen molar-refractivity contribution in [3.8, 4) is 0 Å². The fourth-order valence-corrected chi connectivity index (χ4v) is 6.94. The van der Waals surface area contributed by atoms with Crippen molar-refractivity contribution in [1.82, 2.24) is 39.9 Å². The molecule has 232 valence electrons. The van der Waals surface area contributed by atoms with Gasteiger partial charge in [-0.3, -0.25) is 0 Å². The summed E-state index contributed by atoms with van der Waals surface area (Å²) in [6.45, 7) is 8.09. The van der Waals surface area contributed by atoms with Crippen molar-refractivity contribution in [3.63, 3.8) is 0 Å². The molecule has 6 rings (SSSR count). The number of rotatable bonds is 5. The molecule has 13 nitrogen and oxygen atoms in total. The van der Waals surface area contributed by atoms with Gasteiger partial charge in [-0.15, -0.1) is 10.2 Å². The van der Waals surface area contributed by atoms with Crippen LogP contribution in [-0.4, -0.2) is 78.4 Å². The number of nitrogens with zero attached hydrogens (tertiary/aromatic N) is 9. The minimum Gasteiger partial charge on any atom is -0.444 e. The van der Waals surface area contributed by atoms with Crippen LogP contribution in [-0.2, 0) is 4.74 Å². The first-order valence-electron chi connectivity index (χ1n) is 14.2. The van der Waals surface area contributed by atoms with E-state index in [9.17, 15) is 9.18 Å². The first kappa shape index (κ1) is 30.1. The quantitative estimate of drug-likeness (QED) is 0.321. The molecule has 0 radical (unpaired) electrons. The molecule has 6 heterocycles. The highest BCUT2D eigenvalue weighted by Gasteiger charge is 2.47. The van der Waals surface area contributed by atoms with Crippen LogP contribution in [0.1, 0.15) is 40.0 Å². The average molecular weight is 642 g/mol. The number of aromatic nitrogens is 7. The van der Waals surface area contributed by atoms with E-state index in [-0.39, 0.29) is 17.3 Å². The van der Waals surface area contributed by atoms with Gasteiger partial charge in [0.1, 0.15) is 17.7 Å². The van der Waals surface area contributed by atoms with Crippen LogP contribution in [0.2, 0.25) is 5.02 Å². The smallest absolute Gasteiger partial charge is 0.407 e. The Labute approximate surface area is 262 Å². The van der Waals surface area contributed by atoms with E-state index in [1.165, 1.54) is 11.8 Å². The highest BCUT2D eigenvalue weighted by molar-refractivity contribution is 7.99. The predicted octanol–water partition coefficient (Wildman–Crippen LogP) is 4.23. The molecule has 3 N–H and O–H groups in total. The molecule has 1 unspecified atom stereocenters. The van der Waals surface area contributed by atoms with Gasteiger partial charge in [0, 0.05) is 43.5 Å². The molecule has 0 aliphatic carbocycles. The predicted molar refractivity (Wildman–Crippen MR) is 164 cm³/mol. The zero-order valence-electron chi connectivity index (χ0n) is 24.6. The molecule has 2 fully saturated rings. The van der Waals surface area contributed by atoms with E-state index in [0.717, 1.165) is 47.4 Å². The molecule has 1 spiro atoms. The molecule has 0 bridgehead atoms. The van der Waals surface area contributed by atoms with E-state index in [1.807, 2.05) is 30.1 Å². The number of halogens is 2. The molecule has 4 aromatic rings. The second-order valence-electron chi connectivity index (χ2n) is 12.0. The summed E-state index contributed by atoms with van der Waals surface area (Å²) in [4.78, 5) is 35.9. The summed E-state index contributed by atoms with van der Waals surface area (Å²) in [6.07, 6.45) is 9.29. The van der Waals surface area contributed by atoms with Crippen molar-refractivity contribution >= 4 is 52.8 Å². The number of nitrogens with two attached hydrogens (primary N) is 1. The number of alkyl carbamates (subject to hydrolysis) is 1. The van der Waals surface area contributed by atoms with Crippen LogP contribution in [0.5, 0.6) is 0 Å². The van der Waals surface area contributed by atoms with Crippen molar-refractivity contribution in [2.75, 3.05) is 41.7 Å². The van der Waals surface area contributed by atoms with Crippen molar-refractivity contribution < 1.29 is 13.9 Å². The molecule has 0 saturated carbocycles. The highest BCUT2D eigenvalue weighted by atomic mass is 35.5. The van der Waals surface area contributed by atoms with Gasteiger partial charge < -0.3 is 25.6 Å². The van der Waals surface area contributed by atoms with E-state index in [0.29, 0.717) is 42.8 Å². The number of carbonyl (C=O) groups excluding carboxylic acids is 1. The molecule has 4 aromatic heterocycles. The lowest BCUT2D eigenvalue weighted by atomic mass is 9.68. The van der Waals surface area contributed by atoms with Gasteiger partial charge in [0.15, 0.2) is 11.5 Å². The summed E-state index contributed by atoms with van der Waals surface area (Å²) in [6, 6.07) is 1.56. The van der Waals surface area contributed by atoms with Crippen molar-refractivity contribution in [1.29, 1.82) is 0 Å². The van der Waals surface area contributed by atoms with Crippen molar-refractivity contribution in [3.05, 3.63) is 48.0 Å². The van der Waals surface area contributed by atoms with Crippen LogP contribution in [0.15, 0.2) is 47.0 Å². The Kier molecular flexibility index (Phi) is 8.09. The number of amides is 1. The molecule has 2 aliphatic heterocycles. The summed E-state index contributed by atoms with van der Waals surface area (Å²) in [5.74, 6) is 0.934. The fourth-order valence-electron chi connectivity index (χ4n) is 5.82. The Morgan fingerprint density at radius 2 is 1.80 bits per heavy atom. The summed E-state index contributed by atoms with van der Waals surface area (Å²) >= 11 is 7.78. The third kappa shape index (κ3) is 6.15. The molecule has 1 atom stereocenters. The standard InChI is InChI=1S/C28H33ClFN11O2S/c1-27(2,3)43-26(42)37-20-15-40(24-33-12-17(30)13-34-24)11-7-28(20)5-9-39(10-6-28)25-35-14-19(23-38-36-16-41(23)25)44-18-4-8-32-22(31)21(18)29/h4,8,12-14,16,20H,5-7,9-11,15H2,1-3H3,(H2,31,32)(H,37,42). The lowest BCUT2D eigenvalue weighted by Crippen LogP contribution is -2.62. The Bertz CT molecular complexity index is 1660. The Hall–Kier alpha value is -3.98. The number of hydrogen-bond donors (Lipinski definition) is 2. The summed E-state index contributed by atoms with van der Waals surface area (Å²) in [7, 11) is 0. The van der Waals surface area contributed by atoms with E-state index < -0.39 is 17.5 Å². The first-order chi connectivity index (χ1) is 21.0. The minimum atomic E-state index is -0.634. The lowest BCUT2D eigenvalue weighted by Gasteiger charge is -2.51. The van der Waals surface area contributed by atoms with Gasteiger partial charge in [0.25, 0.3) is 0 Å². The SMILES string of the molecule is CC(C)(C)OC(=O)NC1CN(c2ncc(F)cn2)CCC12CCN(c1ncc(Sc3ccnc(N)c3Cl)c3nncn13)CC2. The number of pyridine rings is 1. The maximum atomic E-state index is 13.5. The molecule has 2 aliphatic rings. The minimum absolute atomic E-state index is 0.190. The molecule has 1 amide bonds. The van der Waals surface area contributed by atoms with Gasteiger partial charge in [-0.05, 0) is 51.5 Å². The van der Waals surface area contributed by atoms with Crippen molar-refractivity contribution in [2.45, 2.75) is 61.5 Å². The van der Waals surface area contributed by atoms with Crippen LogP contribution < -0.4 is 20.9 Å². The second-order valence-corrected chi connectivity index (χ2v) is 13.5. The average Bonchev–Trinajstić information content (AvgIpc) is 3.48. The van der Waals surface area contributed by atoms with E-state index in [4.69, 9.17) is 27.1 Å². The largest absolute Gasteiger partial charge is 0.444 e. The molecular formula is C28H33ClFN11O2S. The molecule has 16 heteroatoms. The third-order valence-electron chi connectivity index (χ3n) is 8.03. The fraction of sp³-hybridized carbons (Fsp3) is 0.464. The number of piperidine rings is 2. The summed E-state index contributed by atoms with van der Waals surface area (Å²) in [5.41, 5.74) is 5.72. The molecule has 2 saturated heterocycles. The van der Waals surface area contributed by atoms with Crippen LogP contribution >= 0.6 is 23.4 Å². The maximum absolute atomic E-state index is 13.5. The van der Waals surface area contributed by atoms with Gasteiger partial charge >= 0.3 is 6.09 Å². The van der Waals surface area contributed by atoms with Crippen LogP contribution in [0.25, 0.3) is 5.65 Å². The van der Waals surface area contributed by atoms with Crippen LogP contribution in [0.3, 0.4) is 0 Å². The number of carbonyl (C=O) groups is 1. The number of anilines is 3. The zero-order chi connectivity index (χ0) is 31.1. The normalized spacial score (nSPS) is 18.5. The van der Waals surface area contributed by atoms with E-state index >= 15 is 0 Å². The number of ether oxygens (including phenoxy) is 1. The summed E-state index contributed by atoms with van der Waals surface area (Å²) < 4.78 is 21.0. The highest BCUT2D eigenvalue weighted by Crippen LogP contribution is 2.43. The Morgan fingerprint density at radius 3 is 2.50 bits per heavy atom. The topological polar surface area (TPSA) is 153 Å². The Balaban J connectivity index is 1.21.